The average Bonchev–Trinajstić information content (AvgIpc) is 2.68. The summed E-state index contributed by atoms with van der Waals surface area (Å²) in [4.78, 5) is 26.4. The first kappa shape index (κ1) is 13.9. The Labute approximate surface area is 120 Å². The number of nitrogens with zero attached hydrogens (tertiary/aromatic N) is 1. The first-order valence-electron chi connectivity index (χ1n) is 7.95. The van der Waals surface area contributed by atoms with Crippen LogP contribution in [0.15, 0.2) is 0 Å². The molecule has 0 aromatic carbocycles. The van der Waals surface area contributed by atoms with E-state index < -0.39 is 5.54 Å². The van der Waals surface area contributed by atoms with Gasteiger partial charge in [0.2, 0.25) is 0 Å². The Bertz CT molecular complexity index is 396. The maximum absolute atomic E-state index is 12.7. The Morgan fingerprint density at radius 3 is 2.45 bits per heavy atom. The topological polar surface area (TPSA) is 61.4 Å². The number of hydrogen-bond donors (Lipinski definition) is 2. The second kappa shape index (κ2) is 5.35. The van der Waals surface area contributed by atoms with Crippen LogP contribution in [0.2, 0.25) is 0 Å². The number of imide groups is 1. The Morgan fingerprint density at radius 1 is 1.15 bits per heavy atom. The third kappa shape index (κ3) is 2.43. The van der Waals surface area contributed by atoms with Crippen molar-refractivity contribution in [2.45, 2.75) is 51.0 Å². The molecule has 3 fully saturated rings. The summed E-state index contributed by atoms with van der Waals surface area (Å²) in [6, 6.07) is -0.164. The first-order chi connectivity index (χ1) is 9.61. The SMILES string of the molecule is CC1CCC2(CC1)NC(=O)N(CC1CCNCC1)C2=O. The van der Waals surface area contributed by atoms with Crippen LogP contribution in [0.3, 0.4) is 0 Å². The summed E-state index contributed by atoms with van der Waals surface area (Å²) in [6.45, 7) is 4.82. The van der Waals surface area contributed by atoms with Gasteiger partial charge < -0.3 is 10.6 Å². The van der Waals surface area contributed by atoms with Gasteiger partial charge in [-0.1, -0.05) is 6.92 Å². The number of carbonyl (C=O) groups excluding carboxylic acids is 2. The van der Waals surface area contributed by atoms with Crippen molar-refractivity contribution in [3.8, 4) is 0 Å². The molecule has 0 bridgehead atoms. The number of piperidine rings is 1. The smallest absolute Gasteiger partial charge is 0.323 e. The van der Waals surface area contributed by atoms with E-state index in [4.69, 9.17) is 0 Å². The summed E-state index contributed by atoms with van der Waals surface area (Å²) in [5, 5.41) is 6.32. The van der Waals surface area contributed by atoms with Gasteiger partial charge in [0.1, 0.15) is 5.54 Å². The highest BCUT2D eigenvalue weighted by Crippen LogP contribution is 2.36. The fourth-order valence-electron chi connectivity index (χ4n) is 3.76. The van der Waals surface area contributed by atoms with Gasteiger partial charge in [0.15, 0.2) is 0 Å². The third-order valence-corrected chi connectivity index (χ3v) is 5.27. The van der Waals surface area contributed by atoms with Gasteiger partial charge in [0.05, 0.1) is 0 Å². The highest BCUT2D eigenvalue weighted by atomic mass is 16.2. The van der Waals surface area contributed by atoms with E-state index in [1.807, 2.05) is 0 Å². The van der Waals surface area contributed by atoms with Crippen LogP contribution in [0.4, 0.5) is 4.79 Å². The Morgan fingerprint density at radius 2 is 1.80 bits per heavy atom. The van der Waals surface area contributed by atoms with Gasteiger partial charge in [-0.15, -0.1) is 0 Å². The summed E-state index contributed by atoms with van der Waals surface area (Å²) >= 11 is 0. The molecule has 2 heterocycles. The molecular formula is C15H25N3O2. The molecule has 0 unspecified atom stereocenters. The Kier molecular flexibility index (Phi) is 3.71. The zero-order chi connectivity index (χ0) is 14.2. The average molecular weight is 279 g/mol. The standard InChI is InChI=1S/C15H25N3O2/c1-11-2-6-15(7-3-11)13(19)18(14(20)17-15)10-12-4-8-16-9-5-12/h11-12,16H,2-10H2,1H3,(H,17,20). The minimum Gasteiger partial charge on any atom is -0.323 e. The normalized spacial score (nSPS) is 35.6. The fourth-order valence-corrected chi connectivity index (χ4v) is 3.76. The zero-order valence-electron chi connectivity index (χ0n) is 12.3. The van der Waals surface area contributed by atoms with Crippen molar-refractivity contribution in [1.29, 1.82) is 0 Å². The molecule has 0 radical (unpaired) electrons. The van der Waals surface area contributed by atoms with E-state index in [9.17, 15) is 9.59 Å². The van der Waals surface area contributed by atoms with Crippen molar-refractivity contribution in [2.75, 3.05) is 19.6 Å². The number of rotatable bonds is 2. The molecule has 2 saturated heterocycles. The lowest BCUT2D eigenvalue weighted by Crippen LogP contribution is -2.49. The molecule has 0 atom stereocenters. The van der Waals surface area contributed by atoms with E-state index in [0.29, 0.717) is 18.4 Å². The van der Waals surface area contributed by atoms with Crippen molar-refractivity contribution in [1.82, 2.24) is 15.5 Å². The highest BCUT2D eigenvalue weighted by molar-refractivity contribution is 6.07. The Balaban J connectivity index is 1.67. The van der Waals surface area contributed by atoms with Crippen LogP contribution in [-0.2, 0) is 4.79 Å². The van der Waals surface area contributed by atoms with E-state index in [1.54, 1.807) is 0 Å². The van der Waals surface area contributed by atoms with Crippen LogP contribution >= 0.6 is 0 Å². The molecule has 3 rings (SSSR count). The molecule has 2 N–H and O–H groups in total. The van der Waals surface area contributed by atoms with E-state index in [1.165, 1.54) is 4.90 Å². The second-order valence-corrected chi connectivity index (χ2v) is 6.80. The predicted octanol–water partition coefficient (Wildman–Crippen LogP) is 1.49. The molecule has 3 aliphatic rings. The number of amides is 3. The van der Waals surface area contributed by atoms with Crippen molar-refractivity contribution >= 4 is 11.9 Å². The molecule has 2 aliphatic heterocycles. The fraction of sp³-hybridized carbons (Fsp3) is 0.867. The van der Waals surface area contributed by atoms with Crippen LogP contribution in [0.25, 0.3) is 0 Å². The van der Waals surface area contributed by atoms with E-state index in [0.717, 1.165) is 51.6 Å². The summed E-state index contributed by atoms with van der Waals surface area (Å²) in [5.41, 5.74) is -0.573. The van der Waals surface area contributed by atoms with Gasteiger partial charge in [0.25, 0.3) is 5.91 Å². The lowest BCUT2D eigenvalue weighted by atomic mass is 9.77. The quantitative estimate of drug-likeness (QED) is 0.753. The lowest BCUT2D eigenvalue weighted by Gasteiger charge is -2.34. The summed E-state index contributed by atoms with van der Waals surface area (Å²) in [7, 11) is 0. The number of carbonyl (C=O) groups is 2. The van der Waals surface area contributed by atoms with Crippen molar-refractivity contribution < 1.29 is 9.59 Å². The molecule has 1 spiro atoms. The van der Waals surface area contributed by atoms with Crippen molar-refractivity contribution in [3.63, 3.8) is 0 Å². The van der Waals surface area contributed by atoms with Crippen LogP contribution in [0, 0.1) is 11.8 Å². The lowest BCUT2D eigenvalue weighted by molar-refractivity contribution is -0.133. The molecule has 1 aliphatic carbocycles. The molecule has 5 heteroatoms. The second-order valence-electron chi connectivity index (χ2n) is 6.80. The minimum absolute atomic E-state index is 0.0351. The minimum atomic E-state index is -0.573. The molecule has 1 saturated carbocycles. The van der Waals surface area contributed by atoms with E-state index >= 15 is 0 Å². The highest BCUT2D eigenvalue weighted by Gasteiger charge is 2.52. The number of hydrogen-bond acceptors (Lipinski definition) is 3. The molecular weight excluding hydrogens is 254 g/mol. The summed E-state index contributed by atoms with van der Waals surface area (Å²) < 4.78 is 0. The first-order valence-corrected chi connectivity index (χ1v) is 7.95. The molecule has 5 nitrogen and oxygen atoms in total. The van der Waals surface area contributed by atoms with E-state index in [2.05, 4.69) is 17.6 Å². The summed E-state index contributed by atoms with van der Waals surface area (Å²) in [5.74, 6) is 1.17. The van der Waals surface area contributed by atoms with Crippen LogP contribution in [0.5, 0.6) is 0 Å². The molecule has 20 heavy (non-hydrogen) atoms. The van der Waals surface area contributed by atoms with E-state index in [-0.39, 0.29) is 11.9 Å². The monoisotopic (exact) mass is 279 g/mol. The predicted molar refractivity (Wildman–Crippen MR) is 76.2 cm³/mol. The number of nitrogens with one attached hydrogen (secondary N) is 2. The van der Waals surface area contributed by atoms with Gasteiger partial charge in [-0.3, -0.25) is 9.69 Å². The Hall–Kier alpha value is -1.10. The molecule has 112 valence electrons. The van der Waals surface area contributed by atoms with Crippen LogP contribution < -0.4 is 10.6 Å². The van der Waals surface area contributed by atoms with Crippen LogP contribution in [0.1, 0.15) is 45.4 Å². The zero-order valence-corrected chi connectivity index (χ0v) is 12.3. The third-order valence-electron chi connectivity index (χ3n) is 5.27. The maximum atomic E-state index is 12.7. The molecule has 0 aromatic rings. The molecule has 3 amide bonds. The van der Waals surface area contributed by atoms with Crippen LogP contribution in [-0.4, -0.2) is 42.0 Å². The maximum Gasteiger partial charge on any atom is 0.325 e. The van der Waals surface area contributed by atoms with Gasteiger partial charge in [-0.2, -0.15) is 0 Å². The van der Waals surface area contributed by atoms with Gasteiger partial charge in [0, 0.05) is 6.54 Å². The molecule has 0 aromatic heterocycles. The van der Waals surface area contributed by atoms with Crippen molar-refractivity contribution in [2.24, 2.45) is 11.8 Å². The summed E-state index contributed by atoms with van der Waals surface area (Å²) in [6.07, 6.45) is 5.80. The number of urea groups is 1. The van der Waals surface area contributed by atoms with Gasteiger partial charge in [-0.25, -0.2) is 4.79 Å². The van der Waals surface area contributed by atoms with Crippen molar-refractivity contribution in [3.05, 3.63) is 0 Å². The largest absolute Gasteiger partial charge is 0.325 e. The van der Waals surface area contributed by atoms with Gasteiger partial charge >= 0.3 is 6.03 Å². The van der Waals surface area contributed by atoms with Gasteiger partial charge in [-0.05, 0) is 63.5 Å².